The van der Waals surface area contributed by atoms with Crippen LogP contribution in [0.15, 0.2) is 47.6 Å². The van der Waals surface area contributed by atoms with Crippen LogP contribution in [0.3, 0.4) is 0 Å². The van der Waals surface area contributed by atoms with Crippen molar-refractivity contribution in [2.24, 2.45) is 0 Å². The maximum Gasteiger partial charge on any atom is 0.231 e. The van der Waals surface area contributed by atoms with Crippen molar-refractivity contribution in [3.05, 3.63) is 48.0 Å². The molecular weight excluding hydrogens is 340 g/mol. The Kier molecular flexibility index (Phi) is 4.10. The Hall–Kier alpha value is -2.87. The number of nitrogen functional groups attached to an aromatic ring is 1. The van der Waals surface area contributed by atoms with Crippen molar-refractivity contribution < 1.29 is 14.2 Å². The Balaban J connectivity index is 1.49. The van der Waals surface area contributed by atoms with Gasteiger partial charge in [-0.3, -0.25) is 0 Å². The van der Waals surface area contributed by atoms with E-state index >= 15 is 0 Å². The lowest BCUT2D eigenvalue weighted by atomic mass is 10.2. The zero-order chi connectivity index (χ0) is 17.2. The summed E-state index contributed by atoms with van der Waals surface area (Å²) in [5.74, 6) is 9.79. The highest BCUT2D eigenvalue weighted by Gasteiger charge is 2.15. The summed E-state index contributed by atoms with van der Waals surface area (Å²) in [6, 6.07) is 13.4. The Morgan fingerprint density at radius 3 is 2.72 bits per heavy atom. The maximum atomic E-state index is 6.16. The van der Waals surface area contributed by atoms with Gasteiger partial charge in [-0.1, -0.05) is 17.8 Å². The highest BCUT2D eigenvalue weighted by atomic mass is 32.2. The second-order valence-electron chi connectivity index (χ2n) is 5.38. The van der Waals surface area contributed by atoms with Crippen molar-refractivity contribution in [2.75, 3.05) is 19.7 Å². The van der Waals surface area contributed by atoms with Crippen molar-refractivity contribution >= 4 is 11.8 Å². The first-order valence-electron chi connectivity index (χ1n) is 7.61. The van der Waals surface area contributed by atoms with Crippen molar-refractivity contribution in [2.45, 2.75) is 10.9 Å². The molecule has 2 N–H and O–H groups in total. The first kappa shape index (κ1) is 15.6. The van der Waals surface area contributed by atoms with Crippen LogP contribution in [-0.4, -0.2) is 28.8 Å². The summed E-state index contributed by atoms with van der Waals surface area (Å²) in [5.41, 5.74) is 1.98. The lowest BCUT2D eigenvalue weighted by molar-refractivity contribution is 0.174. The van der Waals surface area contributed by atoms with Crippen LogP contribution in [0.4, 0.5) is 0 Å². The lowest BCUT2D eigenvalue weighted by Crippen LogP contribution is -2.11. The molecule has 0 amide bonds. The predicted octanol–water partition coefficient (Wildman–Crippen LogP) is 2.69. The summed E-state index contributed by atoms with van der Waals surface area (Å²) >= 11 is 1.51. The standard InChI is InChI=1S/C17H16N4O3S/c1-22-13-5-3-12(4-6-13)16-19-20-17(21(16)18)25-9-11-2-7-14-15(8-11)24-10-23-14/h2-8H,9-10,18H2,1H3. The van der Waals surface area contributed by atoms with Crippen LogP contribution >= 0.6 is 11.8 Å². The first-order valence-corrected chi connectivity index (χ1v) is 8.59. The summed E-state index contributed by atoms with van der Waals surface area (Å²) in [4.78, 5) is 0. The number of fused-ring (bicyclic) bond motifs is 1. The van der Waals surface area contributed by atoms with Gasteiger partial charge in [-0.2, -0.15) is 0 Å². The number of rotatable bonds is 5. The predicted molar refractivity (Wildman–Crippen MR) is 94.3 cm³/mol. The molecule has 2 heterocycles. The van der Waals surface area contributed by atoms with Gasteiger partial charge in [0.05, 0.1) is 7.11 Å². The van der Waals surface area contributed by atoms with E-state index in [1.165, 1.54) is 16.4 Å². The number of hydrogen-bond acceptors (Lipinski definition) is 7. The summed E-state index contributed by atoms with van der Waals surface area (Å²) in [6.45, 7) is 0.272. The van der Waals surface area contributed by atoms with Gasteiger partial charge in [0.15, 0.2) is 17.3 Å². The van der Waals surface area contributed by atoms with Crippen LogP contribution in [0.2, 0.25) is 0 Å². The number of aromatic nitrogens is 3. The number of hydrogen-bond donors (Lipinski definition) is 1. The van der Waals surface area contributed by atoms with E-state index in [2.05, 4.69) is 10.2 Å². The number of nitrogens with two attached hydrogens (primary N) is 1. The quantitative estimate of drug-likeness (QED) is 0.556. The van der Waals surface area contributed by atoms with Gasteiger partial charge >= 0.3 is 0 Å². The smallest absolute Gasteiger partial charge is 0.231 e. The van der Waals surface area contributed by atoms with Crippen LogP contribution < -0.4 is 20.1 Å². The fourth-order valence-electron chi connectivity index (χ4n) is 2.49. The highest BCUT2D eigenvalue weighted by molar-refractivity contribution is 7.98. The van der Waals surface area contributed by atoms with Gasteiger partial charge in [0.25, 0.3) is 0 Å². The average Bonchev–Trinajstić information content (AvgIpc) is 3.26. The highest BCUT2D eigenvalue weighted by Crippen LogP contribution is 2.34. The number of thioether (sulfide) groups is 1. The van der Waals surface area contributed by atoms with E-state index < -0.39 is 0 Å². The molecule has 0 unspecified atom stereocenters. The monoisotopic (exact) mass is 356 g/mol. The Bertz CT molecular complexity index is 895. The third-order valence-corrected chi connectivity index (χ3v) is 4.83. The van der Waals surface area contributed by atoms with Crippen molar-refractivity contribution in [3.63, 3.8) is 0 Å². The van der Waals surface area contributed by atoms with Crippen molar-refractivity contribution in [3.8, 4) is 28.6 Å². The summed E-state index contributed by atoms with van der Waals surface area (Å²) < 4.78 is 17.4. The lowest BCUT2D eigenvalue weighted by Gasteiger charge is -2.05. The molecule has 25 heavy (non-hydrogen) atoms. The molecule has 0 fully saturated rings. The first-order chi connectivity index (χ1) is 12.2. The SMILES string of the molecule is COc1ccc(-c2nnc(SCc3ccc4c(c3)OCO4)n2N)cc1. The molecule has 1 aromatic heterocycles. The largest absolute Gasteiger partial charge is 0.497 e. The van der Waals surface area contributed by atoms with Gasteiger partial charge in [0.1, 0.15) is 5.75 Å². The molecular formula is C17H16N4O3S. The topological polar surface area (TPSA) is 84.4 Å². The van der Waals surface area contributed by atoms with Crippen molar-refractivity contribution in [1.82, 2.24) is 14.9 Å². The molecule has 4 rings (SSSR count). The van der Waals surface area contributed by atoms with Gasteiger partial charge in [-0.15, -0.1) is 10.2 Å². The van der Waals surface area contributed by atoms with E-state index in [0.717, 1.165) is 28.4 Å². The van der Waals surface area contributed by atoms with Gasteiger partial charge in [-0.05, 0) is 42.0 Å². The van der Waals surface area contributed by atoms with E-state index in [4.69, 9.17) is 20.1 Å². The Labute approximate surface area is 148 Å². The molecule has 0 bridgehead atoms. The maximum absolute atomic E-state index is 6.16. The summed E-state index contributed by atoms with van der Waals surface area (Å²) in [6.07, 6.45) is 0. The fourth-order valence-corrected chi connectivity index (χ4v) is 3.29. The normalized spacial score (nSPS) is 12.4. The third-order valence-electron chi connectivity index (χ3n) is 3.82. The molecule has 0 atom stereocenters. The molecule has 0 aliphatic carbocycles. The molecule has 128 valence electrons. The molecule has 0 radical (unpaired) electrons. The van der Waals surface area contributed by atoms with E-state index in [0.29, 0.717) is 16.7 Å². The van der Waals surface area contributed by atoms with Crippen LogP contribution in [0, 0.1) is 0 Å². The molecule has 2 aromatic carbocycles. The summed E-state index contributed by atoms with van der Waals surface area (Å²) in [5, 5.41) is 9.02. The Morgan fingerprint density at radius 2 is 1.92 bits per heavy atom. The second kappa shape index (κ2) is 6.56. The summed E-state index contributed by atoms with van der Waals surface area (Å²) in [7, 11) is 1.63. The van der Waals surface area contributed by atoms with E-state index in [1.807, 2.05) is 42.5 Å². The van der Waals surface area contributed by atoms with Gasteiger partial charge in [-0.25, -0.2) is 4.68 Å². The molecule has 3 aromatic rings. The van der Waals surface area contributed by atoms with Crippen molar-refractivity contribution in [1.29, 1.82) is 0 Å². The number of nitrogens with zero attached hydrogens (tertiary/aromatic N) is 3. The van der Waals surface area contributed by atoms with Crippen LogP contribution in [0.25, 0.3) is 11.4 Å². The minimum Gasteiger partial charge on any atom is -0.497 e. The molecule has 7 nitrogen and oxygen atoms in total. The van der Waals surface area contributed by atoms with Gasteiger partial charge in [0.2, 0.25) is 11.9 Å². The number of benzene rings is 2. The van der Waals surface area contributed by atoms with E-state index in [1.54, 1.807) is 7.11 Å². The second-order valence-corrected chi connectivity index (χ2v) is 6.32. The van der Waals surface area contributed by atoms with Crippen LogP contribution in [-0.2, 0) is 5.75 Å². The molecule has 0 saturated carbocycles. The minimum atomic E-state index is 0.272. The van der Waals surface area contributed by atoms with Gasteiger partial charge < -0.3 is 20.1 Å². The van der Waals surface area contributed by atoms with E-state index in [-0.39, 0.29) is 6.79 Å². The van der Waals surface area contributed by atoms with Gasteiger partial charge in [0, 0.05) is 11.3 Å². The average molecular weight is 356 g/mol. The molecule has 1 aliphatic heterocycles. The minimum absolute atomic E-state index is 0.272. The van der Waals surface area contributed by atoms with Crippen LogP contribution in [0.5, 0.6) is 17.2 Å². The van der Waals surface area contributed by atoms with Crippen LogP contribution in [0.1, 0.15) is 5.56 Å². The number of methoxy groups -OCH3 is 1. The fraction of sp³-hybridized carbons (Fsp3) is 0.176. The Morgan fingerprint density at radius 1 is 1.12 bits per heavy atom. The zero-order valence-corrected chi connectivity index (χ0v) is 14.3. The molecule has 0 saturated heterocycles. The zero-order valence-electron chi connectivity index (χ0n) is 13.5. The van der Waals surface area contributed by atoms with E-state index in [9.17, 15) is 0 Å². The third kappa shape index (κ3) is 3.08. The number of ether oxygens (including phenoxy) is 3. The molecule has 0 spiro atoms. The molecule has 8 heteroatoms. The molecule has 1 aliphatic rings.